The van der Waals surface area contributed by atoms with E-state index >= 15 is 0 Å². The molecular weight excluding hydrogens is 212 g/mol. The molecule has 17 heavy (non-hydrogen) atoms. The molecule has 2 saturated carbocycles. The molecule has 2 bridgehead atoms. The Morgan fingerprint density at radius 3 is 2.82 bits per heavy atom. The second kappa shape index (κ2) is 3.36. The first kappa shape index (κ1) is 10.6. The third-order valence-electron chi connectivity index (χ3n) is 6.03. The van der Waals surface area contributed by atoms with E-state index in [9.17, 15) is 0 Å². The van der Waals surface area contributed by atoms with Crippen molar-refractivity contribution in [3.05, 3.63) is 11.6 Å². The Kier molecular flexibility index (Phi) is 2.09. The van der Waals surface area contributed by atoms with Crippen molar-refractivity contribution >= 4 is 0 Å². The van der Waals surface area contributed by atoms with E-state index in [1.807, 2.05) is 0 Å². The monoisotopic (exact) mass is 234 g/mol. The third kappa shape index (κ3) is 1.23. The summed E-state index contributed by atoms with van der Waals surface area (Å²) in [6.45, 7) is 3.98. The lowest BCUT2D eigenvalue weighted by molar-refractivity contribution is -0.212. The van der Waals surface area contributed by atoms with Crippen LogP contribution in [0, 0.1) is 17.3 Å². The van der Waals surface area contributed by atoms with E-state index in [0.717, 1.165) is 25.6 Å². The van der Waals surface area contributed by atoms with Gasteiger partial charge < -0.3 is 9.47 Å². The van der Waals surface area contributed by atoms with Crippen LogP contribution in [0.4, 0.5) is 0 Å². The average Bonchev–Trinajstić information content (AvgIpc) is 2.89. The first-order chi connectivity index (χ1) is 8.25. The highest BCUT2D eigenvalue weighted by atomic mass is 16.7. The van der Waals surface area contributed by atoms with Crippen LogP contribution in [0.3, 0.4) is 0 Å². The average molecular weight is 234 g/mol. The van der Waals surface area contributed by atoms with Crippen molar-refractivity contribution in [1.29, 1.82) is 0 Å². The Balaban J connectivity index is 1.70. The van der Waals surface area contributed by atoms with Gasteiger partial charge in [0.05, 0.1) is 13.2 Å². The van der Waals surface area contributed by atoms with Crippen LogP contribution in [-0.2, 0) is 9.47 Å². The molecule has 2 nitrogen and oxygen atoms in total. The highest BCUT2D eigenvalue weighted by Gasteiger charge is 2.61. The molecule has 4 aliphatic rings. The number of hydrogen-bond donors (Lipinski definition) is 0. The van der Waals surface area contributed by atoms with E-state index in [4.69, 9.17) is 9.47 Å². The number of allylic oxidation sites excluding steroid dienone is 2. The van der Waals surface area contributed by atoms with Gasteiger partial charge in [0.1, 0.15) is 0 Å². The minimum atomic E-state index is -0.178. The molecule has 1 saturated heterocycles. The topological polar surface area (TPSA) is 18.5 Å². The fraction of sp³-hybridized carbons (Fsp3) is 0.867. The Morgan fingerprint density at radius 2 is 2.00 bits per heavy atom. The number of fused-ring (bicyclic) bond motifs is 2. The third-order valence-corrected chi connectivity index (χ3v) is 6.03. The molecule has 1 aliphatic heterocycles. The van der Waals surface area contributed by atoms with Crippen LogP contribution in [0.5, 0.6) is 0 Å². The molecule has 0 aromatic rings. The fourth-order valence-corrected chi connectivity index (χ4v) is 5.13. The quantitative estimate of drug-likeness (QED) is 0.599. The Morgan fingerprint density at radius 1 is 1.18 bits per heavy atom. The van der Waals surface area contributed by atoms with Gasteiger partial charge in [0.15, 0.2) is 5.79 Å². The van der Waals surface area contributed by atoms with Gasteiger partial charge in [-0.3, -0.25) is 0 Å². The van der Waals surface area contributed by atoms with E-state index < -0.39 is 0 Å². The lowest BCUT2D eigenvalue weighted by atomic mass is 9.62. The van der Waals surface area contributed by atoms with Crippen molar-refractivity contribution in [2.45, 2.75) is 51.2 Å². The molecule has 0 N–H and O–H groups in total. The van der Waals surface area contributed by atoms with Crippen LogP contribution in [-0.4, -0.2) is 19.0 Å². The minimum absolute atomic E-state index is 0.178. The van der Waals surface area contributed by atoms with Gasteiger partial charge in [-0.05, 0) is 50.4 Å². The second-order valence-corrected chi connectivity index (χ2v) is 6.46. The molecule has 2 heteroatoms. The van der Waals surface area contributed by atoms with Gasteiger partial charge in [-0.1, -0.05) is 11.6 Å². The van der Waals surface area contributed by atoms with Crippen LogP contribution in [0.2, 0.25) is 0 Å². The lowest BCUT2D eigenvalue weighted by Crippen LogP contribution is -2.44. The number of rotatable bonds is 0. The molecule has 0 aromatic carbocycles. The van der Waals surface area contributed by atoms with E-state index in [1.165, 1.54) is 32.1 Å². The van der Waals surface area contributed by atoms with E-state index in [0.29, 0.717) is 11.3 Å². The van der Waals surface area contributed by atoms with Crippen LogP contribution in [0.15, 0.2) is 11.6 Å². The Hall–Kier alpha value is -0.340. The van der Waals surface area contributed by atoms with Crippen LogP contribution in [0.25, 0.3) is 0 Å². The van der Waals surface area contributed by atoms with Crippen molar-refractivity contribution in [1.82, 2.24) is 0 Å². The van der Waals surface area contributed by atoms with Gasteiger partial charge in [-0.2, -0.15) is 0 Å². The summed E-state index contributed by atoms with van der Waals surface area (Å²) in [5.74, 6) is 1.39. The van der Waals surface area contributed by atoms with Crippen LogP contribution >= 0.6 is 0 Å². The smallest absolute Gasteiger partial charge is 0.171 e. The molecule has 1 unspecified atom stereocenters. The second-order valence-electron chi connectivity index (χ2n) is 6.46. The maximum absolute atomic E-state index is 6.01. The number of hydrogen-bond acceptors (Lipinski definition) is 2. The summed E-state index contributed by atoms with van der Waals surface area (Å²) in [5, 5.41) is 0. The van der Waals surface area contributed by atoms with Crippen molar-refractivity contribution in [2.75, 3.05) is 13.2 Å². The van der Waals surface area contributed by atoms with E-state index in [1.54, 1.807) is 5.57 Å². The first-order valence-electron chi connectivity index (χ1n) is 7.20. The summed E-state index contributed by atoms with van der Waals surface area (Å²) in [4.78, 5) is 0. The summed E-state index contributed by atoms with van der Waals surface area (Å²) in [6.07, 6.45) is 10.2. The normalized spacial score (nSPS) is 47.0. The summed E-state index contributed by atoms with van der Waals surface area (Å²) in [6, 6.07) is 0. The highest BCUT2D eigenvalue weighted by molar-refractivity contribution is 5.24. The Bertz CT molecular complexity index is 367. The van der Waals surface area contributed by atoms with E-state index in [-0.39, 0.29) is 5.79 Å². The SMILES string of the molecule is CC1=CCC[C@H]2CC3C[C@@]12CCC31OCCO1. The Labute approximate surface area is 103 Å². The molecule has 0 amide bonds. The van der Waals surface area contributed by atoms with Gasteiger partial charge in [0, 0.05) is 12.3 Å². The zero-order valence-electron chi connectivity index (χ0n) is 10.7. The molecule has 3 fully saturated rings. The summed E-state index contributed by atoms with van der Waals surface area (Å²) >= 11 is 0. The molecule has 2 spiro atoms. The maximum Gasteiger partial charge on any atom is 0.171 e. The van der Waals surface area contributed by atoms with Gasteiger partial charge in [-0.25, -0.2) is 0 Å². The van der Waals surface area contributed by atoms with Crippen molar-refractivity contribution < 1.29 is 9.47 Å². The molecule has 1 heterocycles. The molecule has 3 aliphatic carbocycles. The van der Waals surface area contributed by atoms with Crippen molar-refractivity contribution in [3.63, 3.8) is 0 Å². The van der Waals surface area contributed by atoms with Gasteiger partial charge in [0.25, 0.3) is 0 Å². The maximum atomic E-state index is 6.01. The van der Waals surface area contributed by atoms with Gasteiger partial charge >= 0.3 is 0 Å². The standard InChI is InChI=1S/C15H22O2/c1-11-3-2-4-12-9-13-10-14(11,12)5-6-15(13)16-7-8-17-15/h3,12-13H,2,4-10H2,1H3/t12-,13?,14-/m0/s1. The van der Waals surface area contributed by atoms with Gasteiger partial charge in [0.2, 0.25) is 0 Å². The van der Waals surface area contributed by atoms with Crippen LogP contribution < -0.4 is 0 Å². The zero-order chi connectivity index (χ0) is 11.5. The molecule has 0 radical (unpaired) electrons. The predicted molar refractivity (Wildman–Crippen MR) is 65.5 cm³/mol. The van der Waals surface area contributed by atoms with Crippen molar-refractivity contribution in [3.8, 4) is 0 Å². The van der Waals surface area contributed by atoms with Gasteiger partial charge in [-0.15, -0.1) is 0 Å². The predicted octanol–water partition coefficient (Wildman–Crippen LogP) is 3.28. The zero-order valence-corrected chi connectivity index (χ0v) is 10.7. The highest BCUT2D eigenvalue weighted by Crippen LogP contribution is 2.65. The molecule has 0 aromatic heterocycles. The molecule has 4 rings (SSSR count). The molecule has 3 atom stereocenters. The summed E-state index contributed by atoms with van der Waals surface area (Å²) in [5.41, 5.74) is 2.20. The first-order valence-corrected chi connectivity index (χ1v) is 7.20. The summed E-state index contributed by atoms with van der Waals surface area (Å²) in [7, 11) is 0. The minimum Gasteiger partial charge on any atom is -0.347 e. The summed E-state index contributed by atoms with van der Waals surface area (Å²) < 4.78 is 12.0. The van der Waals surface area contributed by atoms with Crippen molar-refractivity contribution in [2.24, 2.45) is 17.3 Å². The van der Waals surface area contributed by atoms with E-state index in [2.05, 4.69) is 13.0 Å². The lowest BCUT2D eigenvalue weighted by Gasteiger charge is -2.45. The molecule has 94 valence electrons. The molecular formula is C15H22O2. The van der Waals surface area contributed by atoms with Crippen LogP contribution in [0.1, 0.15) is 45.4 Å². The fourth-order valence-electron chi connectivity index (χ4n) is 5.13. The largest absolute Gasteiger partial charge is 0.347 e. The number of ether oxygens (including phenoxy) is 2.